The molecule has 5 heteroatoms. The van der Waals surface area contributed by atoms with Crippen molar-refractivity contribution in [2.24, 2.45) is 0 Å². The van der Waals surface area contributed by atoms with Crippen LogP contribution < -0.4 is 4.90 Å². The molecular weight excluding hydrogens is 280 g/mol. The number of nitrogens with zero attached hydrogens (tertiary/aromatic N) is 2. The van der Waals surface area contributed by atoms with Crippen molar-refractivity contribution in [1.82, 2.24) is 4.90 Å². The number of carboxylic acid groups (broad SMARTS) is 1. The van der Waals surface area contributed by atoms with Crippen LogP contribution in [0.4, 0.5) is 5.69 Å². The number of hydrogen-bond acceptors (Lipinski definition) is 3. The minimum Gasteiger partial charge on any atom is -0.481 e. The Morgan fingerprint density at radius 2 is 1.64 bits per heavy atom. The summed E-state index contributed by atoms with van der Waals surface area (Å²) >= 11 is 0. The van der Waals surface area contributed by atoms with Crippen molar-refractivity contribution in [2.75, 3.05) is 18.0 Å². The van der Waals surface area contributed by atoms with Crippen LogP contribution in [0, 0.1) is 6.92 Å². The Labute approximate surface area is 131 Å². The molecule has 0 aromatic heterocycles. The van der Waals surface area contributed by atoms with Crippen LogP contribution in [0.2, 0.25) is 0 Å². The zero-order chi connectivity index (χ0) is 16.3. The fourth-order valence-corrected chi connectivity index (χ4v) is 3.12. The quantitative estimate of drug-likeness (QED) is 0.927. The number of amides is 1. The number of rotatable bonds is 4. The molecule has 1 saturated heterocycles. The van der Waals surface area contributed by atoms with E-state index in [4.69, 9.17) is 5.11 Å². The van der Waals surface area contributed by atoms with Gasteiger partial charge in [-0.3, -0.25) is 9.59 Å². The van der Waals surface area contributed by atoms with Gasteiger partial charge in [0.05, 0.1) is 6.42 Å². The molecule has 0 radical (unpaired) electrons. The van der Waals surface area contributed by atoms with Gasteiger partial charge in [0.2, 0.25) is 5.91 Å². The number of anilines is 1. The number of carbonyl (C=O) groups is 2. The van der Waals surface area contributed by atoms with Crippen LogP contribution in [-0.2, 0) is 9.59 Å². The molecule has 1 N–H and O–H groups in total. The Morgan fingerprint density at radius 1 is 1.09 bits per heavy atom. The van der Waals surface area contributed by atoms with Gasteiger partial charge in [0.1, 0.15) is 0 Å². The van der Waals surface area contributed by atoms with Gasteiger partial charge >= 0.3 is 5.97 Å². The molecule has 0 spiro atoms. The highest BCUT2D eigenvalue weighted by Gasteiger charge is 2.31. The first-order valence-corrected chi connectivity index (χ1v) is 7.73. The van der Waals surface area contributed by atoms with E-state index in [0.717, 1.165) is 0 Å². The van der Waals surface area contributed by atoms with Crippen LogP contribution in [0.1, 0.15) is 32.3 Å². The molecule has 0 unspecified atom stereocenters. The SMILES string of the molecule is Cc1ccc(N2[C@H](C)CN(C(=O)CCC(=O)O)C[C@@H]2C)cc1. The van der Waals surface area contributed by atoms with Gasteiger partial charge in [0, 0.05) is 37.3 Å². The van der Waals surface area contributed by atoms with Crippen LogP contribution in [-0.4, -0.2) is 47.1 Å². The molecule has 5 nitrogen and oxygen atoms in total. The predicted molar refractivity (Wildman–Crippen MR) is 86.0 cm³/mol. The van der Waals surface area contributed by atoms with Gasteiger partial charge in [0.25, 0.3) is 0 Å². The van der Waals surface area contributed by atoms with Gasteiger partial charge in [-0.15, -0.1) is 0 Å². The van der Waals surface area contributed by atoms with Gasteiger partial charge in [-0.25, -0.2) is 0 Å². The summed E-state index contributed by atoms with van der Waals surface area (Å²) in [5, 5.41) is 8.70. The van der Waals surface area contributed by atoms with Gasteiger partial charge in [-0.1, -0.05) is 17.7 Å². The maximum absolute atomic E-state index is 12.1. The Kier molecular flexibility index (Phi) is 5.06. The summed E-state index contributed by atoms with van der Waals surface area (Å²) in [6.45, 7) is 7.54. The summed E-state index contributed by atoms with van der Waals surface area (Å²) in [4.78, 5) is 26.9. The lowest BCUT2D eigenvalue weighted by atomic mass is 10.0. The molecular formula is C17H24N2O3. The van der Waals surface area contributed by atoms with E-state index in [1.165, 1.54) is 11.3 Å². The molecule has 1 aliphatic rings. The van der Waals surface area contributed by atoms with Crippen LogP contribution in [0.3, 0.4) is 0 Å². The summed E-state index contributed by atoms with van der Waals surface area (Å²) in [5.74, 6) is -0.989. The average Bonchev–Trinajstić information content (AvgIpc) is 2.45. The van der Waals surface area contributed by atoms with Crippen LogP contribution in [0.15, 0.2) is 24.3 Å². The highest BCUT2D eigenvalue weighted by Crippen LogP contribution is 2.25. The highest BCUT2D eigenvalue weighted by atomic mass is 16.4. The topological polar surface area (TPSA) is 60.9 Å². The molecule has 1 fully saturated rings. The monoisotopic (exact) mass is 304 g/mol. The van der Waals surface area contributed by atoms with Crippen molar-refractivity contribution in [1.29, 1.82) is 0 Å². The molecule has 1 aromatic carbocycles. The van der Waals surface area contributed by atoms with Crippen LogP contribution in [0.5, 0.6) is 0 Å². The number of piperazine rings is 1. The number of aliphatic carboxylic acids is 1. The molecule has 0 saturated carbocycles. The fraction of sp³-hybridized carbons (Fsp3) is 0.529. The molecule has 1 amide bonds. The molecule has 0 bridgehead atoms. The van der Waals surface area contributed by atoms with Crippen molar-refractivity contribution >= 4 is 17.6 Å². The number of benzene rings is 1. The van der Waals surface area contributed by atoms with Gasteiger partial charge in [-0.05, 0) is 32.9 Å². The summed E-state index contributed by atoms with van der Waals surface area (Å²) < 4.78 is 0. The normalized spacial score (nSPS) is 21.8. The largest absolute Gasteiger partial charge is 0.481 e. The van der Waals surface area contributed by atoms with Crippen molar-refractivity contribution < 1.29 is 14.7 Å². The third kappa shape index (κ3) is 3.78. The minimum absolute atomic E-state index is 0.0651. The Balaban J connectivity index is 2.04. The van der Waals surface area contributed by atoms with E-state index in [9.17, 15) is 9.59 Å². The van der Waals surface area contributed by atoms with E-state index >= 15 is 0 Å². The smallest absolute Gasteiger partial charge is 0.303 e. The first kappa shape index (κ1) is 16.3. The van der Waals surface area contributed by atoms with Crippen LogP contribution in [0.25, 0.3) is 0 Å². The summed E-state index contributed by atoms with van der Waals surface area (Å²) in [6, 6.07) is 8.84. The van der Waals surface area contributed by atoms with E-state index in [1.54, 1.807) is 4.90 Å². The third-order valence-electron chi connectivity index (χ3n) is 4.16. The standard InChI is InChI=1S/C17H24N2O3/c1-12-4-6-15(7-5-12)19-13(2)10-18(11-14(19)3)16(20)8-9-17(21)22/h4-7,13-14H,8-11H2,1-3H3,(H,21,22)/t13-,14+. The molecule has 0 aliphatic carbocycles. The molecule has 1 aliphatic heterocycles. The van der Waals surface area contributed by atoms with E-state index in [-0.39, 0.29) is 30.8 Å². The summed E-state index contributed by atoms with van der Waals surface area (Å²) in [6.07, 6.45) is -0.0148. The lowest BCUT2D eigenvalue weighted by Crippen LogP contribution is -2.58. The van der Waals surface area contributed by atoms with Gasteiger partial charge in [-0.2, -0.15) is 0 Å². The van der Waals surface area contributed by atoms with Crippen LogP contribution >= 0.6 is 0 Å². The molecule has 1 aromatic rings. The molecule has 1 heterocycles. The van der Waals surface area contributed by atoms with E-state index < -0.39 is 5.97 Å². The number of carboxylic acids is 1. The zero-order valence-corrected chi connectivity index (χ0v) is 13.5. The number of aryl methyl sites for hydroxylation is 1. The fourth-order valence-electron chi connectivity index (χ4n) is 3.12. The van der Waals surface area contributed by atoms with Crippen molar-refractivity contribution in [3.63, 3.8) is 0 Å². The van der Waals surface area contributed by atoms with E-state index in [2.05, 4.69) is 49.9 Å². The van der Waals surface area contributed by atoms with E-state index in [0.29, 0.717) is 13.1 Å². The van der Waals surface area contributed by atoms with Crippen molar-refractivity contribution in [2.45, 2.75) is 45.7 Å². The summed E-state index contributed by atoms with van der Waals surface area (Å²) in [7, 11) is 0. The van der Waals surface area contributed by atoms with Gasteiger partial charge in [0.15, 0.2) is 0 Å². The Morgan fingerprint density at radius 3 is 2.14 bits per heavy atom. The molecule has 2 atom stereocenters. The summed E-state index contributed by atoms with van der Waals surface area (Å²) in [5.41, 5.74) is 2.40. The van der Waals surface area contributed by atoms with Gasteiger partial charge < -0.3 is 14.9 Å². The van der Waals surface area contributed by atoms with E-state index in [1.807, 2.05) is 0 Å². The Hall–Kier alpha value is -2.04. The molecule has 2 rings (SSSR count). The minimum atomic E-state index is -0.923. The number of carbonyl (C=O) groups excluding carboxylic acids is 1. The second-order valence-corrected chi connectivity index (χ2v) is 6.13. The lowest BCUT2D eigenvalue weighted by molar-refractivity contribution is -0.141. The third-order valence-corrected chi connectivity index (χ3v) is 4.16. The second kappa shape index (κ2) is 6.81. The maximum Gasteiger partial charge on any atom is 0.303 e. The van der Waals surface area contributed by atoms with Crippen molar-refractivity contribution in [3.05, 3.63) is 29.8 Å². The maximum atomic E-state index is 12.1. The second-order valence-electron chi connectivity index (χ2n) is 6.13. The highest BCUT2D eigenvalue weighted by molar-refractivity contribution is 5.81. The first-order chi connectivity index (χ1) is 10.4. The zero-order valence-electron chi connectivity index (χ0n) is 13.5. The lowest BCUT2D eigenvalue weighted by Gasteiger charge is -2.46. The molecule has 120 valence electrons. The predicted octanol–water partition coefficient (Wildman–Crippen LogP) is 2.29. The van der Waals surface area contributed by atoms with Crippen molar-refractivity contribution in [3.8, 4) is 0 Å². The average molecular weight is 304 g/mol. The molecule has 22 heavy (non-hydrogen) atoms. The Bertz CT molecular complexity index is 529. The number of hydrogen-bond donors (Lipinski definition) is 1. The first-order valence-electron chi connectivity index (χ1n) is 7.73.